The molecule has 1 aromatic heterocycles. The summed E-state index contributed by atoms with van der Waals surface area (Å²) in [7, 11) is 0. The number of benzene rings is 1. The summed E-state index contributed by atoms with van der Waals surface area (Å²) in [5.74, 6) is -0.0998. The van der Waals surface area contributed by atoms with E-state index in [0.29, 0.717) is 14.9 Å². The van der Waals surface area contributed by atoms with Crippen molar-refractivity contribution in [3.8, 4) is 5.75 Å². The molecule has 0 saturated carbocycles. The number of phenolic OH excluding ortho intramolecular Hbond substituents is 1. The third kappa shape index (κ3) is 2.81. The van der Waals surface area contributed by atoms with E-state index in [-0.39, 0.29) is 11.7 Å². The van der Waals surface area contributed by atoms with Crippen LogP contribution in [0.15, 0.2) is 53.7 Å². The van der Waals surface area contributed by atoms with Crippen molar-refractivity contribution in [2.45, 2.75) is 0 Å². The van der Waals surface area contributed by atoms with E-state index in [4.69, 9.17) is 12.2 Å². The first-order chi connectivity index (χ1) is 10.1. The van der Waals surface area contributed by atoms with Crippen LogP contribution >= 0.6 is 24.0 Å². The van der Waals surface area contributed by atoms with Crippen LogP contribution in [0.2, 0.25) is 0 Å². The maximum absolute atomic E-state index is 12.5. The molecule has 104 valence electrons. The van der Waals surface area contributed by atoms with Crippen molar-refractivity contribution in [1.82, 2.24) is 4.98 Å². The number of carbonyl (C=O) groups is 1. The summed E-state index contributed by atoms with van der Waals surface area (Å²) in [6.45, 7) is 0. The van der Waals surface area contributed by atoms with E-state index in [1.54, 1.807) is 36.7 Å². The highest BCUT2D eigenvalue weighted by Gasteiger charge is 2.33. The molecule has 0 spiro atoms. The lowest BCUT2D eigenvalue weighted by molar-refractivity contribution is -0.113. The highest BCUT2D eigenvalue weighted by molar-refractivity contribution is 8.27. The quantitative estimate of drug-likeness (QED) is 0.681. The third-order valence-electron chi connectivity index (χ3n) is 2.86. The zero-order chi connectivity index (χ0) is 14.8. The van der Waals surface area contributed by atoms with Crippen LogP contribution in [0.25, 0.3) is 6.08 Å². The van der Waals surface area contributed by atoms with Crippen molar-refractivity contribution in [1.29, 1.82) is 0 Å². The number of aromatic hydroxyl groups is 1. The molecule has 1 aliphatic rings. The molecular weight excluding hydrogens is 304 g/mol. The summed E-state index contributed by atoms with van der Waals surface area (Å²) in [6.07, 6.45) is 5.12. The number of phenols is 1. The molecule has 0 unspecified atom stereocenters. The van der Waals surface area contributed by atoms with Crippen LogP contribution < -0.4 is 4.90 Å². The number of nitrogens with zero attached hydrogens (tertiary/aromatic N) is 2. The largest absolute Gasteiger partial charge is 0.508 e. The van der Waals surface area contributed by atoms with Gasteiger partial charge in [-0.2, -0.15) is 0 Å². The van der Waals surface area contributed by atoms with Crippen LogP contribution in [0.4, 0.5) is 5.69 Å². The number of amides is 1. The zero-order valence-electron chi connectivity index (χ0n) is 10.8. The fourth-order valence-corrected chi connectivity index (χ4v) is 3.23. The van der Waals surface area contributed by atoms with Gasteiger partial charge in [0.05, 0.1) is 10.6 Å². The van der Waals surface area contributed by atoms with Crippen LogP contribution in [-0.4, -0.2) is 20.3 Å². The number of thiocarbonyl (C=S) groups is 1. The average Bonchev–Trinajstić information content (AvgIpc) is 2.74. The maximum atomic E-state index is 12.5. The molecule has 0 aliphatic carbocycles. The first kappa shape index (κ1) is 13.8. The van der Waals surface area contributed by atoms with Gasteiger partial charge in [0.15, 0.2) is 4.32 Å². The Bertz CT molecular complexity index is 744. The molecule has 0 radical (unpaired) electrons. The smallest absolute Gasteiger partial charge is 0.270 e. The summed E-state index contributed by atoms with van der Waals surface area (Å²) in [5.41, 5.74) is 1.40. The standard InChI is InChI=1S/C15H10N2O2S2/c18-12-5-1-4-11(8-12)17-14(19)13(21-15(17)20)7-10-3-2-6-16-9-10/h1-9,18H. The van der Waals surface area contributed by atoms with Gasteiger partial charge in [-0.3, -0.25) is 14.7 Å². The second-order valence-corrected chi connectivity index (χ2v) is 6.00. The number of hydrogen-bond donors (Lipinski definition) is 1. The molecule has 1 N–H and O–H groups in total. The first-order valence-corrected chi connectivity index (χ1v) is 7.34. The molecule has 3 rings (SSSR count). The molecule has 2 aromatic rings. The predicted molar refractivity (Wildman–Crippen MR) is 88.0 cm³/mol. The van der Waals surface area contributed by atoms with E-state index in [9.17, 15) is 9.90 Å². The van der Waals surface area contributed by atoms with E-state index in [2.05, 4.69) is 4.98 Å². The van der Waals surface area contributed by atoms with E-state index in [1.165, 1.54) is 22.7 Å². The Balaban J connectivity index is 1.94. The Kier molecular flexibility index (Phi) is 3.72. The van der Waals surface area contributed by atoms with Crippen molar-refractivity contribution in [3.63, 3.8) is 0 Å². The lowest BCUT2D eigenvalue weighted by Crippen LogP contribution is -2.27. The van der Waals surface area contributed by atoms with Gasteiger partial charge in [-0.1, -0.05) is 36.1 Å². The number of pyridine rings is 1. The maximum Gasteiger partial charge on any atom is 0.270 e. The molecule has 1 fully saturated rings. The third-order valence-corrected chi connectivity index (χ3v) is 4.17. The van der Waals surface area contributed by atoms with E-state index in [0.717, 1.165) is 5.56 Å². The Morgan fingerprint density at radius 2 is 2.14 bits per heavy atom. The topological polar surface area (TPSA) is 53.4 Å². The van der Waals surface area contributed by atoms with Crippen LogP contribution in [0.3, 0.4) is 0 Å². The number of rotatable bonds is 2. The van der Waals surface area contributed by atoms with Crippen molar-refractivity contribution >= 4 is 46.0 Å². The predicted octanol–water partition coefficient (Wildman–Crippen LogP) is 3.19. The molecule has 1 amide bonds. The van der Waals surface area contributed by atoms with Gasteiger partial charge >= 0.3 is 0 Å². The van der Waals surface area contributed by atoms with Crippen LogP contribution in [0.5, 0.6) is 5.75 Å². The molecule has 2 heterocycles. The molecule has 1 aliphatic heterocycles. The van der Waals surface area contributed by atoms with Crippen molar-refractivity contribution in [2.24, 2.45) is 0 Å². The second-order valence-electron chi connectivity index (χ2n) is 4.32. The first-order valence-electron chi connectivity index (χ1n) is 6.12. The zero-order valence-corrected chi connectivity index (χ0v) is 12.4. The average molecular weight is 314 g/mol. The van der Waals surface area contributed by atoms with Gasteiger partial charge in [0, 0.05) is 18.5 Å². The molecule has 21 heavy (non-hydrogen) atoms. The second kappa shape index (κ2) is 5.67. The van der Waals surface area contributed by atoms with Crippen LogP contribution in [0, 0.1) is 0 Å². The van der Waals surface area contributed by atoms with Crippen molar-refractivity contribution < 1.29 is 9.90 Å². The molecular formula is C15H10N2O2S2. The Hall–Kier alpha value is -2.18. The summed E-state index contributed by atoms with van der Waals surface area (Å²) >= 11 is 6.50. The van der Waals surface area contributed by atoms with E-state index >= 15 is 0 Å². The minimum absolute atomic E-state index is 0.0952. The van der Waals surface area contributed by atoms with Crippen molar-refractivity contribution in [3.05, 3.63) is 59.3 Å². The number of hydrogen-bond acceptors (Lipinski definition) is 5. The fraction of sp³-hybridized carbons (Fsp3) is 0. The van der Waals surface area contributed by atoms with Gasteiger partial charge in [0.25, 0.3) is 5.91 Å². The van der Waals surface area contributed by atoms with Crippen LogP contribution in [0.1, 0.15) is 5.56 Å². The van der Waals surface area contributed by atoms with Crippen LogP contribution in [-0.2, 0) is 4.79 Å². The normalized spacial score (nSPS) is 16.8. The summed E-state index contributed by atoms with van der Waals surface area (Å²) < 4.78 is 0.445. The highest BCUT2D eigenvalue weighted by Crippen LogP contribution is 2.36. The fourth-order valence-electron chi connectivity index (χ4n) is 1.94. The van der Waals surface area contributed by atoms with Gasteiger partial charge in [-0.15, -0.1) is 0 Å². The number of anilines is 1. The molecule has 1 saturated heterocycles. The van der Waals surface area contributed by atoms with Gasteiger partial charge < -0.3 is 5.11 Å². The Morgan fingerprint density at radius 1 is 1.29 bits per heavy atom. The highest BCUT2D eigenvalue weighted by atomic mass is 32.2. The summed E-state index contributed by atoms with van der Waals surface area (Å²) in [5, 5.41) is 9.54. The number of aromatic nitrogens is 1. The summed E-state index contributed by atoms with van der Waals surface area (Å²) in [4.78, 5) is 18.5. The molecule has 6 heteroatoms. The number of thioether (sulfide) groups is 1. The van der Waals surface area contributed by atoms with Gasteiger partial charge in [-0.25, -0.2) is 0 Å². The molecule has 1 aromatic carbocycles. The van der Waals surface area contributed by atoms with Gasteiger partial charge in [-0.05, 0) is 29.8 Å². The minimum atomic E-state index is -0.195. The lowest BCUT2D eigenvalue weighted by atomic mass is 10.2. The lowest BCUT2D eigenvalue weighted by Gasteiger charge is -2.14. The molecule has 0 atom stereocenters. The molecule has 4 nitrogen and oxygen atoms in total. The number of carbonyl (C=O) groups excluding carboxylic acids is 1. The monoisotopic (exact) mass is 314 g/mol. The SMILES string of the molecule is O=C1C(=Cc2cccnc2)SC(=S)N1c1cccc(O)c1. The Labute approximate surface area is 131 Å². The summed E-state index contributed by atoms with van der Waals surface area (Å²) in [6, 6.07) is 10.1. The van der Waals surface area contributed by atoms with E-state index in [1.807, 2.05) is 12.1 Å². The van der Waals surface area contributed by atoms with E-state index < -0.39 is 0 Å². The Morgan fingerprint density at radius 3 is 2.86 bits per heavy atom. The van der Waals surface area contributed by atoms with Gasteiger partial charge in [0.2, 0.25) is 0 Å². The van der Waals surface area contributed by atoms with Gasteiger partial charge in [0.1, 0.15) is 5.75 Å². The van der Waals surface area contributed by atoms with Crippen molar-refractivity contribution in [2.75, 3.05) is 4.90 Å². The minimum Gasteiger partial charge on any atom is -0.508 e. The molecule has 0 bridgehead atoms.